The van der Waals surface area contributed by atoms with Gasteiger partial charge in [0.25, 0.3) is 0 Å². The molecule has 0 radical (unpaired) electrons. The Bertz CT molecular complexity index is 511. The Hall–Kier alpha value is -1.26. The molecule has 0 aliphatic rings. The third-order valence-electron chi connectivity index (χ3n) is 2.84. The SMILES string of the molecule is CCNCc1cc(Cn2cc(Cl)c(C)n2)oc1C. The number of aryl methyl sites for hydroxylation is 2. The summed E-state index contributed by atoms with van der Waals surface area (Å²) in [6, 6.07) is 2.07. The Balaban J connectivity index is 2.09. The molecular weight excluding hydrogens is 250 g/mol. The number of furan rings is 1. The minimum absolute atomic E-state index is 0.612. The molecule has 18 heavy (non-hydrogen) atoms. The van der Waals surface area contributed by atoms with Gasteiger partial charge in [0.1, 0.15) is 11.5 Å². The van der Waals surface area contributed by atoms with Crippen molar-refractivity contribution in [1.29, 1.82) is 0 Å². The van der Waals surface area contributed by atoms with Crippen molar-refractivity contribution in [3.05, 3.63) is 40.1 Å². The van der Waals surface area contributed by atoms with Gasteiger partial charge in [-0.1, -0.05) is 18.5 Å². The highest BCUT2D eigenvalue weighted by molar-refractivity contribution is 6.31. The number of nitrogens with zero attached hydrogens (tertiary/aromatic N) is 2. The first-order valence-electron chi connectivity index (χ1n) is 6.08. The second-order valence-corrected chi connectivity index (χ2v) is 4.74. The van der Waals surface area contributed by atoms with Crippen LogP contribution >= 0.6 is 11.6 Å². The molecule has 0 saturated carbocycles. The Kier molecular flexibility index (Phi) is 4.09. The van der Waals surface area contributed by atoms with Gasteiger partial charge in [-0.25, -0.2) is 0 Å². The quantitative estimate of drug-likeness (QED) is 0.906. The summed E-state index contributed by atoms with van der Waals surface area (Å²) in [5, 5.41) is 8.29. The van der Waals surface area contributed by atoms with E-state index in [1.54, 1.807) is 4.68 Å². The van der Waals surface area contributed by atoms with E-state index in [2.05, 4.69) is 23.4 Å². The smallest absolute Gasteiger partial charge is 0.125 e. The van der Waals surface area contributed by atoms with Crippen LogP contribution in [0.25, 0.3) is 0 Å². The second-order valence-electron chi connectivity index (χ2n) is 4.33. The monoisotopic (exact) mass is 267 g/mol. The Morgan fingerprint density at radius 1 is 1.44 bits per heavy atom. The second kappa shape index (κ2) is 5.59. The fourth-order valence-corrected chi connectivity index (χ4v) is 1.99. The highest BCUT2D eigenvalue weighted by Gasteiger charge is 2.09. The molecule has 0 unspecified atom stereocenters. The van der Waals surface area contributed by atoms with Crippen LogP contribution in [-0.2, 0) is 13.1 Å². The van der Waals surface area contributed by atoms with E-state index in [1.807, 2.05) is 20.0 Å². The zero-order valence-corrected chi connectivity index (χ0v) is 11.7. The van der Waals surface area contributed by atoms with Crippen molar-refractivity contribution in [2.24, 2.45) is 0 Å². The third kappa shape index (κ3) is 2.94. The van der Waals surface area contributed by atoms with Gasteiger partial charge < -0.3 is 9.73 Å². The standard InChI is InChI=1S/C13H18ClN3O/c1-4-15-6-11-5-12(18-10(11)3)7-17-8-13(14)9(2)16-17/h5,8,15H,4,6-7H2,1-3H3. The van der Waals surface area contributed by atoms with Gasteiger partial charge in [-0.3, -0.25) is 4.68 Å². The molecule has 2 aromatic heterocycles. The maximum absolute atomic E-state index is 5.98. The Morgan fingerprint density at radius 2 is 2.22 bits per heavy atom. The molecule has 4 nitrogen and oxygen atoms in total. The lowest BCUT2D eigenvalue weighted by Gasteiger charge is -1.97. The fourth-order valence-electron chi connectivity index (χ4n) is 1.83. The molecule has 1 N–H and O–H groups in total. The van der Waals surface area contributed by atoms with Gasteiger partial charge >= 0.3 is 0 Å². The minimum Gasteiger partial charge on any atom is -0.464 e. The van der Waals surface area contributed by atoms with Crippen molar-refractivity contribution < 1.29 is 4.42 Å². The maximum Gasteiger partial charge on any atom is 0.125 e. The topological polar surface area (TPSA) is 43.0 Å². The van der Waals surface area contributed by atoms with E-state index in [4.69, 9.17) is 16.0 Å². The first kappa shape index (κ1) is 13.2. The first-order valence-corrected chi connectivity index (χ1v) is 6.46. The van der Waals surface area contributed by atoms with E-state index >= 15 is 0 Å². The number of hydrogen-bond donors (Lipinski definition) is 1. The minimum atomic E-state index is 0.612. The molecular formula is C13H18ClN3O. The summed E-state index contributed by atoms with van der Waals surface area (Å²) < 4.78 is 7.52. The average molecular weight is 268 g/mol. The van der Waals surface area contributed by atoms with Crippen LogP contribution in [0.5, 0.6) is 0 Å². The molecule has 0 spiro atoms. The lowest BCUT2D eigenvalue weighted by atomic mass is 10.2. The van der Waals surface area contributed by atoms with Crippen LogP contribution in [0.3, 0.4) is 0 Å². The Morgan fingerprint density at radius 3 is 2.83 bits per heavy atom. The summed E-state index contributed by atoms with van der Waals surface area (Å²) in [6.45, 7) is 8.37. The van der Waals surface area contributed by atoms with Gasteiger partial charge in [0.15, 0.2) is 0 Å². The molecule has 0 amide bonds. The largest absolute Gasteiger partial charge is 0.464 e. The number of nitrogens with one attached hydrogen (secondary N) is 1. The molecule has 5 heteroatoms. The van der Waals surface area contributed by atoms with E-state index in [9.17, 15) is 0 Å². The molecule has 0 aliphatic heterocycles. The Labute approximate surface area is 112 Å². The number of halogens is 1. The number of aromatic nitrogens is 2. The normalized spacial score (nSPS) is 11.1. The first-order chi connectivity index (χ1) is 8.60. The van der Waals surface area contributed by atoms with Crippen molar-refractivity contribution in [1.82, 2.24) is 15.1 Å². The molecule has 0 aliphatic carbocycles. The van der Waals surface area contributed by atoms with Crippen LogP contribution in [0.2, 0.25) is 5.02 Å². The number of hydrogen-bond acceptors (Lipinski definition) is 3. The van der Waals surface area contributed by atoms with E-state index in [-0.39, 0.29) is 0 Å². The van der Waals surface area contributed by atoms with E-state index < -0.39 is 0 Å². The number of rotatable bonds is 5. The molecule has 0 saturated heterocycles. The van der Waals surface area contributed by atoms with Gasteiger partial charge in [0.2, 0.25) is 0 Å². The summed E-state index contributed by atoms with van der Waals surface area (Å²) in [4.78, 5) is 0. The van der Waals surface area contributed by atoms with Crippen molar-refractivity contribution >= 4 is 11.6 Å². The molecule has 0 atom stereocenters. The van der Waals surface area contributed by atoms with E-state index in [1.165, 1.54) is 5.56 Å². The lowest BCUT2D eigenvalue weighted by molar-refractivity contribution is 0.456. The molecule has 0 bridgehead atoms. The van der Waals surface area contributed by atoms with E-state index in [0.29, 0.717) is 11.6 Å². The van der Waals surface area contributed by atoms with Gasteiger partial charge in [-0.15, -0.1) is 0 Å². The fraction of sp³-hybridized carbons (Fsp3) is 0.462. The van der Waals surface area contributed by atoms with Gasteiger partial charge in [-0.2, -0.15) is 5.10 Å². The molecule has 0 fully saturated rings. The molecule has 98 valence electrons. The summed E-state index contributed by atoms with van der Waals surface area (Å²) in [5.74, 6) is 1.86. The van der Waals surface area contributed by atoms with Crippen molar-refractivity contribution in [3.8, 4) is 0 Å². The van der Waals surface area contributed by atoms with Crippen molar-refractivity contribution in [3.63, 3.8) is 0 Å². The predicted molar refractivity (Wildman–Crippen MR) is 71.9 cm³/mol. The zero-order chi connectivity index (χ0) is 13.1. The van der Waals surface area contributed by atoms with Crippen LogP contribution in [0.4, 0.5) is 0 Å². The maximum atomic E-state index is 5.98. The molecule has 2 rings (SSSR count). The lowest BCUT2D eigenvalue weighted by Crippen LogP contribution is -2.11. The molecule has 2 aromatic rings. The summed E-state index contributed by atoms with van der Waals surface area (Å²) >= 11 is 5.98. The predicted octanol–water partition coefficient (Wildman–Crippen LogP) is 2.90. The highest BCUT2D eigenvalue weighted by Crippen LogP contribution is 2.17. The molecule has 2 heterocycles. The summed E-state index contributed by atoms with van der Waals surface area (Å²) in [7, 11) is 0. The van der Waals surface area contributed by atoms with Crippen LogP contribution in [-0.4, -0.2) is 16.3 Å². The highest BCUT2D eigenvalue weighted by atomic mass is 35.5. The van der Waals surface area contributed by atoms with Gasteiger partial charge in [0.05, 0.1) is 17.3 Å². The van der Waals surface area contributed by atoms with Crippen LogP contribution in [0.15, 0.2) is 16.7 Å². The van der Waals surface area contributed by atoms with Crippen LogP contribution in [0.1, 0.15) is 29.7 Å². The third-order valence-corrected chi connectivity index (χ3v) is 3.21. The zero-order valence-electron chi connectivity index (χ0n) is 11.0. The average Bonchev–Trinajstić information content (AvgIpc) is 2.81. The van der Waals surface area contributed by atoms with Gasteiger partial charge in [0, 0.05) is 18.3 Å². The van der Waals surface area contributed by atoms with Gasteiger partial charge in [-0.05, 0) is 26.5 Å². The summed E-state index contributed by atoms with van der Waals surface area (Å²) in [5.41, 5.74) is 2.04. The van der Waals surface area contributed by atoms with Crippen molar-refractivity contribution in [2.75, 3.05) is 6.54 Å². The van der Waals surface area contributed by atoms with Crippen LogP contribution < -0.4 is 5.32 Å². The van der Waals surface area contributed by atoms with Crippen molar-refractivity contribution in [2.45, 2.75) is 33.9 Å². The molecule has 0 aromatic carbocycles. The van der Waals surface area contributed by atoms with Crippen LogP contribution in [0, 0.1) is 13.8 Å². The summed E-state index contributed by atoms with van der Waals surface area (Å²) in [6.07, 6.45) is 1.82. The van der Waals surface area contributed by atoms with E-state index in [0.717, 1.165) is 30.3 Å².